The van der Waals surface area contributed by atoms with Crippen molar-refractivity contribution in [3.8, 4) is 17.4 Å². The van der Waals surface area contributed by atoms with Gasteiger partial charge in [0.15, 0.2) is 5.76 Å². The maximum atomic E-state index is 12.4. The third-order valence-corrected chi connectivity index (χ3v) is 4.02. The van der Waals surface area contributed by atoms with Gasteiger partial charge in [0.25, 0.3) is 5.56 Å². The standard InChI is InChI=1S/C21H17N5O3/c1-14-12-20(28)24-21(22-14)26-18(13-16(25-26)17-8-5-11-29-17)23-19(27)10-9-15-6-3-2-4-7-15/h2-13H,1H3,(H,23,27)(H,22,24,28)/b10-9-. The number of H-pyrrole nitrogens is 1. The number of carbonyl (C=O) groups is 1. The molecule has 0 aliphatic rings. The van der Waals surface area contributed by atoms with Gasteiger partial charge in [-0.3, -0.25) is 14.6 Å². The normalized spacial score (nSPS) is 11.1. The van der Waals surface area contributed by atoms with Crippen LogP contribution in [0.4, 0.5) is 5.82 Å². The molecular formula is C21H17N5O3. The second-order valence-corrected chi connectivity index (χ2v) is 6.25. The first-order valence-corrected chi connectivity index (χ1v) is 8.85. The van der Waals surface area contributed by atoms with Gasteiger partial charge in [-0.1, -0.05) is 30.3 Å². The predicted octanol–water partition coefficient (Wildman–Crippen LogP) is 3.18. The first-order valence-electron chi connectivity index (χ1n) is 8.85. The summed E-state index contributed by atoms with van der Waals surface area (Å²) in [6.45, 7) is 1.70. The van der Waals surface area contributed by atoms with Gasteiger partial charge in [0.2, 0.25) is 11.9 Å². The Balaban J connectivity index is 1.68. The average molecular weight is 387 g/mol. The van der Waals surface area contributed by atoms with Crippen molar-refractivity contribution in [3.63, 3.8) is 0 Å². The Hall–Kier alpha value is -4.20. The molecule has 0 saturated carbocycles. The molecule has 0 spiro atoms. The van der Waals surface area contributed by atoms with E-state index in [0.717, 1.165) is 5.56 Å². The van der Waals surface area contributed by atoms with Crippen LogP contribution in [0.15, 0.2) is 76.1 Å². The van der Waals surface area contributed by atoms with E-state index in [1.807, 2.05) is 30.3 Å². The predicted molar refractivity (Wildman–Crippen MR) is 109 cm³/mol. The lowest BCUT2D eigenvalue weighted by Crippen LogP contribution is -2.17. The summed E-state index contributed by atoms with van der Waals surface area (Å²) >= 11 is 0. The van der Waals surface area contributed by atoms with Crippen LogP contribution in [0, 0.1) is 6.92 Å². The SMILES string of the molecule is Cc1cc(=O)[nH]c(-n2nc(-c3ccco3)cc2NC(=O)/C=C\c2ccccc2)n1. The molecular weight excluding hydrogens is 370 g/mol. The second kappa shape index (κ2) is 7.81. The van der Waals surface area contributed by atoms with Gasteiger partial charge in [0.1, 0.15) is 11.5 Å². The van der Waals surface area contributed by atoms with Crippen molar-refractivity contribution in [1.82, 2.24) is 19.7 Å². The summed E-state index contributed by atoms with van der Waals surface area (Å²) in [6.07, 6.45) is 4.66. The lowest BCUT2D eigenvalue weighted by Gasteiger charge is -2.06. The fraction of sp³-hybridized carbons (Fsp3) is 0.0476. The van der Waals surface area contributed by atoms with Crippen LogP contribution in [0.25, 0.3) is 23.5 Å². The summed E-state index contributed by atoms with van der Waals surface area (Å²) in [7, 11) is 0. The van der Waals surface area contributed by atoms with Crippen molar-refractivity contribution < 1.29 is 9.21 Å². The monoisotopic (exact) mass is 387 g/mol. The number of rotatable bonds is 5. The van der Waals surface area contributed by atoms with Crippen LogP contribution in [0.1, 0.15) is 11.3 Å². The summed E-state index contributed by atoms with van der Waals surface area (Å²) in [5, 5.41) is 7.20. The van der Waals surface area contributed by atoms with Gasteiger partial charge in [0, 0.05) is 23.9 Å². The Morgan fingerprint density at radius 3 is 2.72 bits per heavy atom. The fourth-order valence-corrected chi connectivity index (χ4v) is 2.74. The highest BCUT2D eigenvalue weighted by Crippen LogP contribution is 2.24. The number of aryl methyl sites for hydroxylation is 1. The Labute approximate surface area is 165 Å². The highest BCUT2D eigenvalue weighted by molar-refractivity contribution is 6.01. The molecule has 0 saturated heterocycles. The third kappa shape index (κ3) is 4.22. The molecule has 29 heavy (non-hydrogen) atoms. The topological polar surface area (TPSA) is 106 Å². The number of aromatic amines is 1. The smallest absolute Gasteiger partial charge is 0.252 e. The lowest BCUT2D eigenvalue weighted by molar-refractivity contribution is -0.111. The number of amides is 1. The van der Waals surface area contributed by atoms with Crippen LogP contribution in [-0.2, 0) is 4.79 Å². The Bertz CT molecular complexity index is 1220. The van der Waals surface area contributed by atoms with Gasteiger partial charge < -0.3 is 9.73 Å². The summed E-state index contributed by atoms with van der Waals surface area (Å²) in [5.74, 6) is 0.702. The minimum atomic E-state index is -0.351. The van der Waals surface area contributed by atoms with Crippen molar-refractivity contribution in [3.05, 3.63) is 88.5 Å². The first kappa shape index (κ1) is 18.2. The molecule has 0 radical (unpaired) electrons. The van der Waals surface area contributed by atoms with Gasteiger partial charge in [-0.05, 0) is 30.7 Å². The Morgan fingerprint density at radius 1 is 1.17 bits per heavy atom. The van der Waals surface area contributed by atoms with Crippen LogP contribution in [0.3, 0.4) is 0 Å². The number of hydrogen-bond donors (Lipinski definition) is 2. The summed E-state index contributed by atoms with van der Waals surface area (Å²) in [5.41, 5.74) is 1.60. The van der Waals surface area contributed by atoms with Gasteiger partial charge in [-0.15, -0.1) is 0 Å². The van der Waals surface area contributed by atoms with E-state index in [0.29, 0.717) is 23.0 Å². The van der Waals surface area contributed by atoms with Crippen LogP contribution < -0.4 is 10.9 Å². The molecule has 3 heterocycles. The molecule has 0 fully saturated rings. The quantitative estimate of drug-likeness (QED) is 0.512. The maximum absolute atomic E-state index is 12.4. The highest BCUT2D eigenvalue weighted by Gasteiger charge is 2.16. The Morgan fingerprint density at radius 2 is 2.00 bits per heavy atom. The zero-order valence-electron chi connectivity index (χ0n) is 15.5. The lowest BCUT2D eigenvalue weighted by atomic mass is 10.2. The number of nitrogens with zero attached hydrogens (tertiary/aromatic N) is 3. The average Bonchev–Trinajstić information content (AvgIpc) is 3.36. The van der Waals surface area contributed by atoms with Crippen LogP contribution >= 0.6 is 0 Å². The number of nitrogens with one attached hydrogen (secondary N) is 2. The zero-order valence-corrected chi connectivity index (χ0v) is 15.5. The van der Waals surface area contributed by atoms with E-state index in [-0.39, 0.29) is 17.4 Å². The van der Waals surface area contributed by atoms with Gasteiger partial charge in [-0.25, -0.2) is 4.98 Å². The molecule has 1 aromatic carbocycles. The van der Waals surface area contributed by atoms with Crippen molar-refractivity contribution >= 4 is 17.8 Å². The maximum Gasteiger partial charge on any atom is 0.252 e. The van der Waals surface area contributed by atoms with Crippen molar-refractivity contribution in [2.45, 2.75) is 6.92 Å². The van der Waals surface area contributed by atoms with E-state index >= 15 is 0 Å². The first-order chi connectivity index (χ1) is 14.1. The van der Waals surface area contributed by atoms with E-state index in [1.165, 1.54) is 23.1 Å². The number of anilines is 1. The summed E-state index contributed by atoms with van der Waals surface area (Å²) in [4.78, 5) is 31.2. The zero-order chi connectivity index (χ0) is 20.2. The van der Waals surface area contributed by atoms with Gasteiger partial charge in [0.05, 0.1) is 6.26 Å². The molecule has 0 aliphatic carbocycles. The number of benzene rings is 1. The molecule has 0 aliphatic heterocycles. The minimum absolute atomic E-state index is 0.190. The largest absolute Gasteiger partial charge is 0.463 e. The van der Waals surface area contributed by atoms with E-state index in [2.05, 4.69) is 20.4 Å². The molecule has 0 unspecified atom stereocenters. The fourth-order valence-electron chi connectivity index (χ4n) is 2.74. The molecule has 0 atom stereocenters. The van der Waals surface area contributed by atoms with E-state index in [4.69, 9.17) is 4.42 Å². The number of carbonyl (C=O) groups excluding carboxylic acids is 1. The minimum Gasteiger partial charge on any atom is -0.463 e. The second-order valence-electron chi connectivity index (χ2n) is 6.25. The molecule has 8 nitrogen and oxygen atoms in total. The van der Waals surface area contributed by atoms with E-state index in [9.17, 15) is 9.59 Å². The summed E-state index contributed by atoms with van der Waals surface area (Å²) in [6, 6.07) is 16.0. The highest BCUT2D eigenvalue weighted by atomic mass is 16.3. The van der Waals surface area contributed by atoms with Crippen LogP contribution in [-0.4, -0.2) is 25.7 Å². The number of furan rings is 1. The Kier molecular flexibility index (Phi) is 4.90. The van der Waals surface area contributed by atoms with Crippen LogP contribution in [0.5, 0.6) is 0 Å². The van der Waals surface area contributed by atoms with Crippen LogP contribution in [0.2, 0.25) is 0 Å². The molecule has 4 aromatic rings. The molecule has 1 amide bonds. The molecule has 3 aromatic heterocycles. The van der Waals surface area contributed by atoms with Gasteiger partial charge in [-0.2, -0.15) is 9.78 Å². The molecule has 0 bridgehead atoms. The molecule has 144 valence electrons. The summed E-state index contributed by atoms with van der Waals surface area (Å²) < 4.78 is 6.75. The third-order valence-electron chi connectivity index (χ3n) is 4.02. The number of aromatic nitrogens is 4. The van der Waals surface area contributed by atoms with Crippen molar-refractivity contribution in [2.24, 2.45) is 0 Å². The molecule has 8 heteroatoms. The molecule has 2 N–H and O–H groups in total. The van der Waals surface area contributed by atoms with Crippen molar-refractivity contribution in [1.29, 1.82) is 0 Å². The van der Waals surface area contributed by atoms with E-state index < -0.39 is 0 Å². The van der Waals surface area contributed by atoms with Crippen molar-refractivity contribution in [2.75, 3.05) is 5.32 Å². The molecule has 4 rings (SSSR count). The van der Waals surface area contributed by atoms with Gasteiger partial charge >= 0.3 is 0 Å². The van der Waals surface area contributed by atoms with E-state index in [1.54, 1.807) is 31.2 Å². The number of hydrogen-bond acceptors (Lipinski definition) is 5.